The molecule has 0 atom stereocenters. The van der Waals surface area contributed by atoms with Crippen molar-refractivity contribution in [1.29, 1.82) is 5.41 Å². The molecule has 1 aliphatic rings. The number of phenolic OH excluding ortho intramolecular Hbond substituents is 1. The van der Waals surface area contributed by atoms with Crippen molar-refractivity contribution in [3.05, 3.63) is 80.3 Å². The monoisotopic (exact) mass is 453 g/mol. The lowest BCUT2D eigenvalue weighted by Crippen LogP contribution is -2.27. The van der Waals surface area contributed by atoms with Crippen LogP contribution in [0.5, 0.6) is 11.5 Å². The normalized spacial score (nSPS) is 15.0. The lowest BCUT2D eigenvalue weighted by atomic mass is 9.88. The summed E-state index contributed by atoms with van der Waals surface area (Å²) in [6.45, 7) is 1.64. The van der Waals surface area contributed by atoms with Crippen LogP contribution >= 0.6 is 0 Å². The van der Waals surface area contributed by atoms with Gasteiger partial charge in [-0.2, -0.15) is 9.11 Å². The summed E-state index contributed by atoms with van der Waals surface area (Å²) in [6.07, 6.45) is 0.853. The Morgan fingerprint density at radius 3 is 2.38 bits per heavy atom. The molecule has 0 heterocycles. The second-order valence-corrected chi connectivity index (χ2v) is 8.53. The summed E-state index contributed by atoms with van der Waals surface area (Å²) in [5.74, 6) is -1.15. The van der Waals surface area contributed by atoms with Crippen molar-refractivity contribution in [2.75, 3.05) is 0 Å². The highest BCUT2D eigenvalue weighted by Gasteiger charge is 2.41. The van der Waals surface area contributed by atoms with Crippen molar-refractivity contribution in [1.82, 2.24) is 0 Å². The molecule has 3 aromatic rings. The molecule has 0 bridgehead atoms. The van der Waals surface area contributed by atoms with Crippen LogP contribution in [-0.2, 0) is 14.7 Å². The molecular weight excluding hydrogens is 438 g/mol. The predicted molar refractivity (Wildman–Crippen MR) is 117 cm³/mol. The first-order valence-electron chi connectivity index (χ1n) is 9.09. The summed E-state index contributed by atoms with van der Waals surface area (Å²) in [7, 11) is -4.70. The van der Waals surface area contributed by atoms with Crippen molar-refractivity contribution in [3.63, 3.8) is 0 Å². The number of aromatic hydroxyl groups is 1. The van der Waals surface area contributed by atoms with Gasteiger partial charge in [0.15, 0.2) is 0 Å². The number of rotatable bonds is 3. The Hall–Kier alpha value is -3.93. The number of fused-ring (bicyclic) bond motifs is 2. The van der Waals surface area contributed by atoms with Gasteiger partial charge in [0.25, 0.3) is 10.6 Å². The van der Waals surface area contributed by atoms with E-state index in [9.17, 15) is 33.6 Å². The van der Waals surface area contributed by atoms with Gasteiger partial charge in [0.05, 0.1) is 16.2 Å². The van der Waals surface area contributed by atoms with Crippen LogP contribution in [0, 0.1) is 22.4 Å². The summed E-state index contributed by atoms with van der Waals surface area (Å²) < 4.78 is 31.5. The summed E-state index contributed by atoms with van der Waals surface area (Å²) in [5.41, 5.74) is -1.64. The molecule has 11 heteroatoms. The van der Waals surface area contributed by atoms with E-state index >= 15 is 0 Å². The van der Waals surface area contributed by atoms with Crippen molar-refractivity contribution in [3.8, 4) is 11.5 Å². The molecule has 0 saturated carbocycles. The topological polar surface area (TPSA) is 180 Å². The maximum absolute atomic E-state index is 13.3. The molecule has 32 heavy (non-hydrogen) atoms. The molecule has 0 amide bonds. The van der Waals surface area contributed by atoms with Gasteiger partial charge in [-0.25, -0.2) is 4.99 Å². The van der Waals surface area contributed by atoms with E-state index in [4.69, 9.17) is 5.41 Å². The molecule has 10 nitrogen and oxygen atoms in total. The van der Waals surface area contributed by atoms with Crippen LogP contribution in [0.3, 0.4) is 0 Å². The van der Waals surface area contributed by atoms with Crippen LogP contribution in [0.15, 0.2) is 58.4 Å². The smallest absolute Gasteiger partial charge is 0.388 e. The lowest BCUT2D eigenvalue weighted by molar-refractivity contribution is -0.384. The third-order valence-corrected chi connectivity index (χ3v) is 5.91. The van der Waals surface area contributed by atoms with Gasteiger partial charge in [-0.15, -0.1) is 0 Å². The maximum Gasteiger partial charge on any atom is 0.388 e. The number of hydrogen-bond acceptors (Lipinski definition) is 7. The molecule has 0 fully saturated rings. The summed E-state index contributed by atoms with van der Waals surface area (Å²) in [5, 5.41) is 44.0. The Kier molecular flexibility index (Phi) is 4.89. The molecule has 0 unspecified atom stereocenters. The van der Waals surface area contributed by atoms with Gasteiger partial charge in [-0.1, -0.05) is 36.1 Å². The summed E-state index contributed by atoms with van der Waals surface area (Å²) in [6, 6.07) is 10.2. The average molecular weight is 453 g/mol. The highest BCUT2D eigenvalue weighted by molar-refractivity contribution is 7.97. The molecule has 0 saturated heterocycles. The fourth-order valence-corrected chi connectivity index (χ4v) is 4.20. The Balaban J connectivity index is 2.14. The molecule has 1 aliphatic carbocycles. The van der Waals surface area contributed by atoms with Gasteiger partial charge in [0.2, 0.25) is 0 Å². The predicted octanol–water partition coefficient (Wildman–Crippen LogP) is 3.67. The van der Waals surface area contributed by atoms with Crippen LogP contribution in [-0.4, -0.2) is 30.6 Å². The van der Waals surface area contributed by atoms with E-state index in [1.165, 1.54) is 24.3 Å². The zero-order valence-corrected chi connectivity index (χ0v) is 17.2. The molecule has 0 radical (unpaired) electrons. The minimum Gasteiger partial charge on any atom is -0.872 e. The zero-order valence-electron chi connectivity index (χ0n) is 16.4. The molecule has 4 N–H and O–H groups in total. The Bertz CT molecular complexity index is 1450. The number of phenols is 1. The van der Waals surface area contributed by atoms with Crippen molar-refractivity contribution in [2.45, 2.75) is 6.92 Å². The second kappa shape index (κ2) is 7.34. The van der Waals surface area contributed by atoms with E-state index in [2.05, 4.69) is 4.99 Å². The number of aliphatic imine (C=N–C) groups is 1. The number of nitrogens with zero attached hydrogens (tertiary/aromatic N) is 2. The van der Waals surface area contributed by atoms with Gasteiger partial charge in [-0.3, -0.25) is 15.5 Å². The molecule has 0 spiro atoms. The van der Waals surface area contributed by atoms with Crippen LogP contribution in [0.1, 0.15) is 16.7 Å². The quantitative estimate of drug-likeness (QED) is 0.265. The van der Waals surface area contributed by atoms with E-state index in [0.29, 0.717) is 5.56 Å². The van der Waals surface area contributed by atoms with Crippen LogP contribution in [0.25, 0.3) is 10.8 Å². The Morgan fingerprint density at radius 1 is 1.09 bits per heavy atom. The van der Waals surface area contributed by atoms with Crippen molar-refractivity contribution in [2.24, 2.45) is 4.99 Å². The SMILES string of the molecule is Cc1ccc(N=C2C=C([S+](=O)(O)O)C(=N)c3c2c([O-])c2ccccc2c3O)c([N+](=O)[O-])c1. The summed E-state index contributed by atoms with van der Waals surface area (Å²) >= 11 is 0. The molecular formula is C21H15N3O7S. The first-order valence-corrected chi connectivity index (χ1v) is 10.6. The molecule has 0 aromatic heterocycles. The molecule has 4 rings (SSSR count). The van der Waals surface area contributed by atoms with Gasteiger partial charge in [0, 0.05) is 23.1 Å². The highest BCUT2D eigenvalue weighted by Crippen LogP contribution is 2.43. The van der Waals surface area contributed by atoms with Gasteiger partial charge >= 0.3 is 10.5 Å². The highest BCUT2D eigenvalue weighted by atomic mass is 32.3. The van der Waals surface area contributed by atoms with Gasteiger partial charge in [0.1, 0.15) is 17.1 Å². The van der Waals surface area contributed by atoms with E-state index < -0.39 is 43.1 Å². The van der Waals surface area contributed by atoms with Gasteiger partial charge < -0.3 is 10.2 Å². The fourth-order valence-electron chi connectivity index (χ4n) is 3.57. The van der Waals surface area contributed by atoms with E-state index in [1.807, 2.05) is 0 Å². The average Bonchev–Trinajstić information content (AvgIpc) is 2.73. The van der Waals surface area contributed by atoms with E-state index in [1.54, 1.807) is 25.1 Å². The Labute approximate surface area is 181 Å². The van der Waals surface area contributed by atoms with Crippen molar-refractivity contribution < 1.29 is 28.5 Å². The minimum absolute atomic E-state index is 0.102. The van der Waals surface area contributed by atoms with E-state index in [-0.39, 0.29) is 33.4 Å². The van der Waals surface area contributed by atoms with E-state index in [0.717, 1.165) is 6.08 Å². The maximum atomic E-state index is 13.3. The number of nitro benzene ring substituents is 1. The number of allylic oxidation sites excluding steroid dienone is 2. The number of nitro groups is 1. The number of aryl methyl sites for hydroxylation is 1. The molecule has 162 valence electrons. The largest absolute Gasteiger partial charge is 0.872 e. The summed E-state index contributed by atoms with van der Waals surface area (Å²) in [4.78, 5) is 14.2. The number of hydrogen-bond donors (Lipinski definition) is 4. The molecule has 3 aromatic carbocycles. The van der Waals surface area contributed by atoms with Crippen LogP contribution < -0.4 is 5.11 Å². The van der Waals surface area contributed by atoms with Crippen molar-refractivity contribution >= 4 is 44.1 Å². The number of benzene rings is 3. The zero-order chi connectivity index (χ0) is 23.4. The van der Waals surface area contributed by atoms with Crippen LogP contribution in [0.4, 0.5) is 11.4 Å². The first kappa shape index (κ1) is 21.3. The van der Waals surface area contributed by atoms with Gasteiger partial charge in [-0.05, 0) is 28.1 Å². The molecule has 0 aliphatic heterocycles. The first-order chi connectivity index (χ1) is 15.0. The number of nitrogens with one attached hydrogen (secondary N) is 1. The second-order valence-electron chi connectivity index (χ2n) is 7.10. The standard InChI is InChI=1S/C21H15N3O7S/c1-10-6-7-13(15(8-10)24(27)28)23-14-9-16(32(29,30)31)19(22)18-17(14)20(25)11-4-2-3-5-12(11)21(18)26/h2-9H,1H3,(H4-,22,23,25,26,29,30,31). The fraction of sp³-hybridized carbons (Fsp3) is 0.0476. The van der Waals surface area contributed by atoms with Crippen LogP contribution in [0.2, 0.25) is 0 Å². The Morgan fingerprint density at radius 2 is 1.75 bits per heavy atom. The third-order valence-electron chi connectivity index (χ3n) is 5.02. The third kappa shape index (κ3) is 3.34. The lowest BCUT2D eigenvalue weighted by Gasteiger charge is -2.25. The minimum atomic E-state index is -4.70.